The third-order valence-electron chi connectivity index (χ3n) is 3.57. The first kappa shape index (κ1) is 9.50. The molecule has 76 valence electrons. The summed E-state index contributed by atoms with van der Waals surface area (Å²) in [5.41, 5.74) is 0.846. The van der Waals surface area contributed by atoms with Gasteiger partial charge in [0.1, 0.15) is 0 Å². The summed E-state index contributed by atoms with van der Waals surface area (Å²) in [5.74, 6) is 0.739. The zero-order chi connectivity index (χ0) is 10.3. The van der Waals surface area contributed by atoms with E-state index in [4.69, 9.17) is 0 Å². The largest absolute Gasteiger partial charge is 0.307 e. The van der Waals surface area contributed by atoms with Gasteiger partial charge < -0.3 is 4.90 Å². The van der Waals surface area contributed by atoms with E-state index in [1.54, 1.807) is 0 Å². The van der Waals surface area contributed by atoms with Gasteiger partial charge in [0.25, 0.3) is 0 Å². The summed E-state index contributed by atoms with van der Waals surface area (Å²) >= 11 is 0. The predicted molar refractivity (Wildman–Crippen MR) is 56.5 cm³/mol. The number of β-lactam (4-membered cyclic amide) rings is 1. The van der Waals surface area contributed by atoms with Gasteiger partial charge >= 0.3 is 0 Å². The number of likely N-dealkylation sites (tertiary alicyclic amines) is 1. The zero-order valence-electron chi connectivity index (χ0n) is 8.75. The van der Waals surface area contributed by atoms with Gasteiger partial charge in [0.2, 0.25) is 5.91 Å². The van der Waals surface area contributed by atoms with E-state index in [9.17, 15) is 4.79 Å². The number of amides is 1. The highest BCUT2D eigenvalue weighted by molar-refractivity contribution is 5.87. The molecule has 0 spiro atoms. The minimum Gasteiger partial charge on any atom is -0.307 e. The SMILES string of the molecule is C=CC1(C)CC(=O)N1C(=C)C1CCC1. The Morgan fingerprint density at radius 1 is 1.64 bits per heavy atom. The van der Waals surface area contributed by atoms with Crippen molar-refractivity contribution < 1.29 is 4.79 Å². The molecule has 1 heterocycles. The Morgan fingerprint density at radius 3 is 2.64 bits per heavy atom. The Balaban J connectivity index is 2.11. The second-order valence-electron chi connectivity index (χ2n) is 4.59. The van der Waals surface area contributed by atoms with Crippen LogP contribution in [0.5, 0.6) is 0 Å². The molecule has 1 saturated carbocycles. The molecule has 2 rings (SSSR count). The molecule has 2 fully saturated rings. The molecule has 2 aliphatic rings. The summed E-state index contributed by atoms with van der Waals surface area (Å²) in [5, 5.41) is 0. The minimum atomic E-state index is -0.163. The van der Waals surface area contributed by atoms with Crippen molar-refractivity contribution in [2.45, 2.75) is 38.1 Å². The molecule has 0 aromatic carbocycles. The van der Waals surface area contributed by atoms with E-state index in [-0.39, 0.29) is 11.4 Å². The average Bonchev–Trinajstić information content (AvgIpc) is 1.99. The molecule has 2 nitrogen and oxygen atoms in total. The van der Waals surface area contributed by atoms with Crippen molar-refractivity contribution in [2.75, 3.05) is 0 Å². The molecule has 14 heavy (non-hydrogen) atoms. The van der Waals surface area contributed by atoms with Crippen LogP contribution in [-0.4, -0.2) is 16.3 Å². The van der Waals surface area contributed by atoms with Crippen molar-refractivity contribution in [1.82, 2.24) is 4.90 Å². The maximum Gasteiger partial charge on any atom is 0.230 e. The van der Waals surface area contributed by atoms with Crippen LogP contribution in [0.2, 0.25) is 0 Å². The van der Waals surface area contributed by atoms with Crippen molar-refractivity contribution in [3.8, 4) is 0 Å². The first-order chi connectivity index (χ1) is 6.58. The fourth-order valence-corrected chi connectivity index (χ4v) is 2.23. The highest BCUT2D eigenvalue weighted by Crippen LogP contribution is 2.43. The lowest BCUT2D eigenvalue weighted by Crippen LogP contribution is -2.60. The number of rotatable bonds is 3. The topological polar surface area (TPSA) is 20.3 Å². The minimum absolute atomic E-state index is 0.163. The molecule has 0 radical (unpaired) electrons. The normalized spacial score (nSPS) is 32.1. The first-order valence-electron chi connectivity index (χ1n) is 5.24. The maximum absolute atomic E-state index is 11.5. The van der Waals surface area contributed by atoms with Gasteiger partial charge in [-0.15, -0.1) is 6.58 Å². The van der Waals surface area contributed by atoms with Crippen LogP contribution >= 0.6 is 0 Å². The Bertz CT molecular complexity index is 303. The van der Waals surface area contributed by atoms with Gasteiger partial charge in [0.15, 0.2) is 0 Å². The van der Waals surface area contributed by atoms with Gasteiger partial charge in [-0.2, -0.15) is 0 Å². The van der Waals surface area contributed by atoms with E-state index in [1.165, 1.54) is 19.3 Å². The Hall–Kier alpha value is -1.05. The fraction of sp³-hybridized carbons (Fsp3) is 0.583. The van der Waals surface area contributed by atoms with Gasteiger partial charge in [-0.05, 0) is 25.7 Å². The van der Waals surface area contributed by atoms with E-state index in [1.807, 2.05) is 17.9 Å². The molecule has 0 aromatic heterocycles. The summed E-state index contributed by atoms with van der Waals surface area (Å²) in [6.07, 6.45) is 6.10. The van der Waals surface area contributed by atoms with Crippen LogP contribution in [0, 0.1) is 5.92 Å². The summed E-state index contributed by atoms with van der Waals surface area (Å²) in [7, 11) is 0. The predicted octanol–water partition coefficient (Wildman–Crippen LogP) is 2.48. The summed E-state index contributed by atoms with van der Waals surface area (Å²) < 4.78 is 0. The van der Waals surface area contributed by atoms with E-state index >= 15 is 0 Å². The molecule has 0 aromatic rings. The van der Waals surface area contributed by atoms with E-state index in [0.29, 0.717) is 12.3 Å². The van der Waals surface area contributed by atoms with Crippen LogP contribution in [0.3, 0.4) is 0 Å². The lowest BCUT2D eigenvalue weighted by Gasteiger charge is -2.51. The number of carbonyl (C=O) groups excluding carboxylic acids is 1. The monoisotopic (exact) mass is 191 g/mol. The fourth-order valence-electron chi connectivity index (χ4n) is 2.23. The lowest BCUT2D eigenvalue weighted by atomic mass is 9.77. The number of hydrogen-bond acceptors (Lipinski definition) is 1. The van der Waals surface area contributed by atoms with Gasteiger partial charge in [-0.1, -0.05) is 19.1 Å². The molecule has 1 amide bonds. The van der Waals surface area contributed by atoms with Crippen LogP contribution < -0.4 is 0 Å². The number of hydrogen-bond donors (Lipinski definition) is 0. The van der Waals surface area contributed by atoms with Crippen molar-refractivity contribution in [1.29, 1.82) is 0 Å². The molecule has 1 atom stereocenters. The Kier molecular flexibility index (Phi) is 2.02. The van der Waals surface area contributed by atoms with E-state index < -0.39 is 0 Å². The smallest absolute Gasteiger partial charge is 0.230 e. The molecule has 0 bridgehead atoms. The molecule has 1 aliphatic carbocycles. The van der Waals surface area contributed by atoms with Gasteiger partial charge in [-0.25, -0.2) is 0 Å². The second kappa shape index (κ2) is 2.97. The number of carbonyl (C=O) groups is 1. The summed E-state index contributed by atoms with van der Waals surface area (Å²) in [4.78, 5) is 13.3. The Labute approximate surface area is 85.3 Å². The molecule has 2 heteroatoms. The molecular weight excluding hydrogens is 174 g/mol. The van der Waals surface area contributed by atoms with Crippen LogP contribution in [0.25, 0.3) is 0 Å². The average molecular weight is 191 g/mol. The maximum atomic E-state index is 11.5. The second-order valence-corrected chi connectivity index (χ2v) is 4.59. The molecular formula is C12H17NO. The van der Waals surface area contributed by atoms with E-state index in [0.717, 1.165) is 5.70 Å². The number of nitrogens with zero attached hydrogens (tertiary/aromatic N) is 1. The molecule has 1 aliphatic heterocycles. The lowest BCUT2D eigenvalue weighted by molar-refractivity contribution is -0.148. The van der Waals surface area contributed by atoms with Crippen molar-refractivity contribution in [3.05, 3.63) is 24.9 Å². The highest BCUT2D eigenvalue weighted by atomic mass is 16.2. The van der Waals surface area contributed by atoms with Gasteiger partial charge in [0, 0.05) is 5.70 Å². The summed E-state index contributed by atoms with van der Waals surface area (Å²) in [6.45, 7) is 9.89. The Morgan fingerprint density at radius 2 is 2.29 bits per heavy atom. The van der Waals surface area contributed by atoms with Crippen LogP contribution in [0.4, 0.5) is 0 Å². The van der Waals surface area contributed by atoms with Gasteiger partial charge in [-0.3, -0.25) is 4.79 Å². The third-order valence-corrected chi connectivity index (χ3v) is 3.57. The van der Waals surface area contributed by atoms with Crippen LogP contribution in [0.15, 0.2) is 24.9 Å². The third kappa shape index (κ3) is 1.13. The summed E-state index contributed by atoms with van der Waals surface area (Å²) in [6, 6.07) is 0. The quantitative estimate of drug-likeness (QED) is 0.495. The molecule has 0 N–H and O–H groups in total. The standard InChI is InChI=1S/C12H17NO/c1-4-12(3)8-11(14)13(12)9(2)10-6-5-7-10/h4,10H,1-2,5-8H2,3H3. The van der Waals surface area contributed by atoms with Crippen LogP contribution in [-0.2, 0) is 4.79 Å². The molecule has 1 saturated heterocycles. The van der Waals surface area contributed by atoms with Gasteiger partial charge in [0.05, 0.1) is 12.0 Å². The van der Waals surface area contributed by atoms with Crippen molar-refractivity contribution in [2.24, 2.45) is 5.92 Å². The van der Waals surface area contributed by atoms with E-state index in [2.05, 4.69) is 13.2 Å². The van der Waals surface area contributed by atoms with Crippen molar-refractivity contribution in [3.63, 3.8) is 0 Å². The zero-order valence-corrected chi connectivity index (χ0v) is 8.75. The number of allylic oxidation sites excluding steroid dienone is 1. The van der Waals surface area contributed by atoms with Crippen LogP contribution in [0.1, 0.15) is 32.6 Å². The highest BCUT2D eigenvalue weighted by Gasteiger charge is 2.47. The van der Waals surface area contributed by atoms with Crippen molar-refractivity contribution >= 4 is 5.91 Å². The molecule has 1 unspecified atom stereocenters. The first-order valence-corrected chi connectivity index (χ1v) is 5.24.